The smallest absolute Gasteiger partial charge is 0.308 e. The average molecular weight is 644 g/mol. The third kappa shape index (κ3) is 13.0. The topological polar surface area (TPSA) is 157 Å². The number of hydrogen-bond donors (Lipinski definition) is 2. The third-order valence-electron chi connectivity index (χ3n) is 4.73. The first kappa shape index (κ1) is 31.2. The van der Waals surface area contributed by atoms with Crippen LogP contribution < -0.4 is 10.6 Å². The number of aromatic nitrogens is 1. The third-order valence-corrected chi connectivity index (χ3v) is 5.40. The van der Waals surface area contributed by atoms with Crippen LogP contribution in [-0.2, 0) is 23.7 Å². The molecule has 0 saturated heterocycles. The lowest BCUT2D eigenvalue weighted by molar-refractivity contribution is -0.145. The van der Waals surface area contributed by atoms with E-state index in [9.17, 15) is 14.0 Å². The van der Waals surface area contributed by atoms with Gasteiger partial charge in [0.2, 0.25) is 0 Å². The molecule has 2 N–H and O–H groups in total. The van der Waals surface area contributed by atoms with Gasteiger partial charge in [0.05, 0.1) is 75.8 Å². The molecular formula is C24H30FIN6O6. The Balaban J connectivity index is 1.53. The molecule has 38 heavy (non-hydrogen) atoms. The van der Waals surface area contributed by atoms with E-state index in [2.05, 4.69) is 25.6 Å². The predicted octanol–water partition coefficient (Wildman–Crippen LogP) is 3.98. The number of amides is 1. The number of pyridine rings is 1. The van der Waals surface area contributed by atoms with Gasteiger partial charge < -0.3 is 29.6 Å². The number of carbonyl (C=O) groups excluding carboxylic acids is 2. The van der Waals surface area contributed by atoms with Crippen molar-refractivity contribution in [3.8, 4) is 0 Å². The maximum atomic E-state index is 14.2. The molecule has 0 aliphatic rings. The summed E-state index contributed by atoms with van der Waals surface area (Å²) >= 11 is 2.02. The minimum Gasteiger partial charge on any atom is -0.466 e. The van der Waals surface area contributed by atoms with Crippen molar-refractivity contribution in [2.75, 3.05) is 64.7 Å². The largest absolute Gasteiger partial charge is 0.466 e. The summed E-state index contributed by atoms with van der Waals surface area (Å²) in [6, 6.07) is 6.27. The van der Waals surface area contributed by atoms with Crippen LogP contribution in [0.15, 0.2) is 41.8 Å². The van der Waals surface area contributed by atoms with Crippen molar-refractivity contribution in [2.24, 2.45) is 5.11 Å². The molecule has 1 aromatic carbocycles. The standard InChI is InChI=1S/C24H30FIN6O6/c25-20-16-18(26)2-3-21(20)31-22-17-28-7-4-19(22)24(34)29-6-1-9-38-23(33)5-10-35-12-14-37-15-13-36-11-8-30-32-27/h2-4,7,16-17,31H,1,5-6,8-15H2,(H,29,34). The van der Waals surface area contributed by atoms with Crippen molar-refractivity contribution in [1.29, 1.82) is 0 Å². The summed E-state index contributed by atoms with van der Waals surface area (Å²) in [5.74, 6) is -1.19. The summed E-state index contributed by atoms with van der Waals surface area (Å²) in [6.07, 6.45) is 3.46. The lowest BCUT2D eigenvalue weighted by Crippen LogP contribution is -2.26. The van der Waals surface area contributed by atoms with Crippen molar-refractivity contribution in [2.45, 2.75) is 12.8 Å². The quantitative estimate of drug-likeness (QED) is 0.0581. The molecule has 0 aliphatic carbocycles. The first-order valence-corrected chi connectivity index (χ1v) is 12.9. The van der Waals surface area contributed by atoms with E-state index in [1.807, 2.05) is 22.6 Å². The number of hydrogen-bond acceptors (Lipinski definition) is 9. The fourth-order valence-corrected chi connectivity index (χ4v) is 3.36. The Morgan fingerprint density at radius 2 is 1.76 bits per heavy atom. The van der Waals surface area contributed by atoms with Crippen LogP contribution in [0, 0.1) is 9.39 Å². The molecule has 0 bridgehead atoms. The first-order valence-electron chi connectivity index (χ1n) is 11.8. The molecule has 1 heterocycles. The van der Waals surface area contributed by atoms with E-state index < -0.39 is 11.8 Å². The second-order valence-electron chi connectivity index (χ2n) is 7.54. The zero-order chi connectivity index (χ0) is 27.4. The maximum Gasteiger partial charge on any atom is 0.308 e. The van der Waals surface area contributed by atoms with Crippen molar-refractivity contribution in [3.63, 3.8) is 0 Å². The Labute approximate surface area is 233 Å². The second kappa shape index (κ2) is 19.1. The van der Waals surface area contributed by atoms with Gasteiger partial charge in [-0.2, -0.15) is 0 Å². The highest BCUT2D eigenvalue weighted by atomic mass is 127. The van der Waals surface area contributed by atoms with E-state index in [4.69, 9.17) is 24.5 Å². The maximum absolute atomic E-state index is 14.2. The van der Waals surface area contributed by atoms with E-state index in [0.717, 1.165) is 3.57 Å². The van der Waals surface area contributed by atoms with Crippen molar-refractivity contribution < 1.29 is 32.9 Å². The highest BCUT2D eigenvalue weighted by molar-refractivity contribution is 14.1. The number of nitrogens with zero attached hydrogens (tertiary/aromatic N) is 4. The van der Waals surface area contributed by atoms with Crippen LogP contribution >= 0.6 is 22.6 Å². The highest BCUT2D eigenvalue weighted by Gasteiger charge is 2.13. The van der Waals surface area contributed by atoms with Crippen LogP contribution in [0.3, 0.4) is 0 Å². The summed E-state index contributed by atoms with van der Waals surface area (Å²) in [6.45, 7) is 2.75. The number of benzene rings is 1. The average Bonchev–Trinajstić information content (AvgIpc) is 2.91. The van der Waals surface area contributed by atoms with Gasteiger partial charge in [-0.05, 0) is 58.8 Å². The summed E-state index contributed by atoms with van der Waals surface area (Å²) in [5, 5.41) is 9.01. The summed E-state index contributed by atoms with van der Waals surface area (Å²) in [4.78, 5) is 31.0. The number of azide groups is 1. The summed E-state index contributed by atoms with van der Waals surface area (Å²) in [7, 11) is 0. The minimum atomic E-state index is -0.436. The fraction of sp³-hybridized carbons (Fsp3) is 0.458. The van der Waals surface area contributed by atoms with Gasteiger partial charge in [0, 0.05) is 27.8 Å². The molecule has 14 heteroatoms. The van der Waals surface area contributed by atoms with E-state index >= 15 is 0 Å². The Morgan fingerprint density at radius 3 is 2.50 bits per heavy atom. The van der Waals surface area contributed by atoms with E-state index in [0.29, 0.717) is 50.7 Å². The van der Waals surface area contributed by atoms with E-state index in [1.54, 1.807) is 12.1 Å². The van der Waals surface area contributed by atoms with Crippen LogP contribution in [0.25, 0.3) is 10.4 Å². The molecule has 2 aromatic rings. The minimum absolute atomic E-state index is 0.107. The SMILES string of the molecule is [N-]=[N+]=NCCOCCOCCOCCC(=O)OCCCNC(=O)c1ccncc1Nc1ccc(I)cc1F. The lowest BCUT2D eigenvalue weighted by atomic mass is 10.2. The summed E-state index contributed by atoms with van der Waals surface area (Å²) < 4.78 is 35.9. The molecule has 12 nitrogen and oxygen atoms in total. The molecule has 1 aromatic heterocycles. The van der Waals surface area contributed by atoms with Crippen molar-refractivity contribution >= 4 is 45.8 Å². The molecule has 0 unspecified atom stereocenters. The van der Waals surface area contributed by atoms with Crippen LogP contribution in [0.1, 0.15) is 23.2 Å². The zero-order valence-corrected chi connectivity index (χ0v) is 22.9. The van der Waals surface area contributed by atoms with Gasteiger partial charge >= 0.3 is 5.97 Å². The Bertz CT molecular complexity index is 1070. The van der Waals surface area contributed by atoms with Gasteiger partial charge in [0.15, 0.2) is 0 Å². The van der Waals surface area contributed by atoms with Gasteiger partial charge in [-0.15, -0.1) is 0 Å². The van der Waals surface area contributed by atoms with Crippen LogP contribution in [0.4, 0.5) is 15.8 Å². The molecule has 0 aliphatic heterocycles. The number of halogens is 2. The van der Waals surface area contributed by atoms with Crippen LogP contribution in [-0.4, -0.2) is 76.2 Å². The van der Waals surface area contributed by atoms with Gasteiger partial charge in [-0.1, -0.05) is 5.11 Å². The Hall–Kier alpha value is -3.04. The number of carbonyl (C=O) groups is 2. The number of nitrogens with one attached hydrogen (secondary N) is 2. The van der Waals surface area contributed by atoms with Gasteiger partial charge in [0.1, 0.15) is 5.82 Å². The molecule has 2 rings (SSSR count). The van der Waals surface area contributed by atoms with E-state index in [1.165, 1.54) is 24.5 Å². The zero-order valence-electron chi connectivity index (χ0n) is 20.7. The molecule has 1 amide bonds. The lowest BCUT2D eigenvalue weighted by Gasteiger charge is -2.12. The normalized spacial score (nSPS) is 10.5. The Morgan fingerprint density at radius 1 is 1.03 bits per heavy atom. The molecule has 0 atom stereocenters. The van der Waals surface area contributed by atoms with Crippen molar-refractivity contribution in [1.82, 2.24) is 10.3 Å². The second-order valence-corrected chi connectivity index (χ2v) is 8.79. The molecule has 0 saturated carbocycles. The number of anilines is 2. The van der Waals surface area contributed by atoms with Gasteiger partial charge in [0.25, 0.3) is 5.91 Å². The molecule has 0 fully saturated rings. The van der Waals surface area contributed by atoms with Gasteiger partial charge in [-0.3, -0.25) is 14.6 Å². The monoisotopic (exact) mass is 644 g/mol. The molecule has 0 radical (unpaired) electrons. The van der Waals surface area contributed by atoms with Crippen molar-refractivity contribution in [3.05, 3.63) is 62.1 Å². The molecule has 206 valence electrons. The molecule has 0 spiro atoms. The highest BCUT2D eigenvalue weighted by Crippen LogP contribution is 2.23. The van der Waals surface area contributed by atoms with E-state index in [-0.39, 0.29) is 44.3 Å². The summed E-state index contributed by atoms with van der Waals surface area (Å²) in [5.41, 5.74) is 9.05. The fourth-order valence-electron chi connectivity index (χ4n) is 2.90. The molecular weight excluding hydrogens is 614 g/mol. The number of esters is 1. The first-order chi connectivity index (χ1) is 18.5. The predicted molar refractivity (Wildman–Crippen MR) is 146 cm³/mol. The number of rotatable bonds is 19. The number of ether oxygens (including phenoxy) is 4. The van der Waals surface area contributed by atoms with Crippen LogP contribution in [0.2, 0.25) is 0 Å². The Kier molecular flexibility index (Phi) is 15.7. The van der Waals surface area contributed by atoms with Gasteiger partial charge in [-0.25, -0.2) is 4.39 Å². The van der Waals surface area contributed by atoms with Crippen LogP contribution in [0.5, 0.6) is 0 Å².